The van der Waals surface area contributed by atoms with E-state index < -0.39 is 11.9 Å². The van der Waals surface area contributed by atoms with Gasteiger partial charge in [-0.25, -0.2) is 4.98 Å². The van der Waals surface area contributed by atoms with Crippen LogP contribution < -0.4 is 14.6 Å². The van der Waals surface area contributed by atoms with Crippen molar-refractivity contribution in [3.8, 4) is 22.8 Å². The number of carbonyl (C=O) groups is 1. The van der Waals surface area contributed by atoms with Crippen LogP contribution in [-0.4, -0.2) is 35.0 Å². The Labute approximate surface area is 243 Å². The van der Waals surface area contributed by atoms with Crippen LogP contribution in [0.15, 0.2) is 54.7 Å². The molecule has 0 N–H and O–H groups in total. The topological polar surface area (TPSA) is 74.7 Å². The molecular weight excluding hydrogens is 512 g/mol. The average Bonchev–Trinajstić information content (AvgIpc) is 3.78. The maximum absolute atomic E-state index is 11.8. The number of methoxy groups -OCH3 is 1. The Morgan fingerprint density at radius 3 is 2.54 bits per heavy atom. The van der Waals surface area contributed by atoms with E-state index in [1.54, 1.807) is 14.0 Å². The molecule has 2 aliphatic heterocycles. The molecule has 1 saturated heterocycles. The molecule has 1 saturated carbocycles. The average molecular weight is 554 g/mol. The summed E-state index contributed by atoms with van der Waals surface area (Å²) in [5, 5.41) is 11.8. The molecule has 3 heterocycles. The first kappa shape index (κ1) is 27.8. The lowest BCUT2D eigenvalue weighted by molar-refractivity contribution is -0.311. The van der Waals surface area contributed by atoms with Gasteiger partial charge in [-0.05, 0) is 110 Å². The number of benzene rings is 2. The van der Waals surface area contributed by atoms with E-state index in [0.717, 1.165) is 49.1 Å². The zero-order valence-corrected chi connectivity index (χ0v) is 24.6. The third-order valence-electron chi connectivity index (χ3n) is 9.71. The van der Waals surface area contributed by atoms with Crippen LogP contribution in [0.3, 0.4) is 0 Å². The molecular formula is C35H41N2O4-. The number of ether oxygens (including phenoxy) is 2. The summed E-state index contributed by atoms with van der Waals surface area (Å²) in [6, 6.07) is 18.3. The van der Waals surface area contributed by atoms with Gasteiger partial charge in [0, 0.05) is 42.8 Å². The van der Waals surface area contributed by atoms with Crippen LogP contribution in [0, 0.1) is 11.8 Å². The van der Waals surface area contributed by atoms with E-state index in [-0.39, 0.29) is 12.0 Å². The first-order valence-corrected chi connectivity index (χ1v) is 15.2. The van der Waals surface area contributed by atoms with Crippen molar-refractivity contribution in [2.45, 2.75) is 89.9 Å². The predicted molar refractivity (Wildman–Crippen MR) is 158 cm³/mol. The fourth-order valence-corrected chi connectivity index (χ4v) is 7.07. The van der Waals surface area contributed by atoms with E-state index in [1.807, 2.05) is 12.3 Å². The number of likely N-dealkylation sites (tertiary alicyclic amines) is 1. The van der Waals surface area contributed by atoms with E-state index >= 15 is 0 Å². The van der Waals surface area contributed by atoms with Gasteiger partial charge in [-0.2, -0.15) is 0 Å². The molecule has 2 aromatic carbocycles. The van der Waals surface area contributed by atoms with E-state index in [2.05, 4.69) is 66.2 Å². The van der Waals surface area contributed by atoms with Crippen LogP contribution >= 0.6 is 0 Å². The minimum atomic E-state index is -0.973. The summed E-state index contributed by atoms with van der Waals surface area (Å²) in [6.45, 7) is 7.33. The van der Waals surface area contributed by atoms with Gasteiger partial charge in [0.05, 0.1) is 7.11 Å². The Kier molecular flexibility index (Phi) is 7.78. The monoisotopic (exact) mass is 553 g/mol. The Morgan fingerprint density at radius 1 is 1.05 bits per heavy atom. The fourth-order valence-electron chi connectivity index (χ4n) is 7.07. The van der Waals surface area contributed by atoms with Crippen molar-refractivity contribution < 1.29 is 19.4 Å². The summed E-state index contributed by atoms with van der Waals surface area (Å²) in [5.41, 5.74) is 7.02. The van der Waals surface area contributed by atoms with Crippen LogP contribution in [0.2, 0.25) is 0 Å². The Morgan fingerprint density at radius 2 is 1.83 bits per heavy atom. The van der Waals surface area contributed by atoms with Crippen LogP contribution in [0.4, 0.5) is 0 Å². The van der Waals surface area contributed by atoms with Gasteiger partial charge in [-0.1, -0.05) is 37.3 Å². The maximum atomic E-state index is 11.8. The number of carbonyl (C=O) groups excluding carboxylic acids is 1. The minimum absolute atomic E-state index is 0.0260. The highest BCUT2D eigenvalue weighted by Gasteiger charge is 2.37. The summed E-state index contributed by atoms with van der Waals surface area (Å²) in [5.74, 6) is 0.401. The van der Waals surface area contributed by atoms with Gasteiger partial charge in [0.1, 0.15) is 11.9 Å². The van der Waals surface area contributed by atoms with Gasteiger partial charge in [-0.15, -0.1) is 0 Å². The van der Waals surface area contributed by atoms with Gasteiger partial charge in [-0.3, -0.25) is 4.90 Å². The molecule has 5 atom stereocenters. The lowest BCUT2D eigenvalue weighted by Crippen LogP contribution is -2.34. The summed E-state index contributed by atoms with van der Waals surface area (Å²) in [7, 11) is 1.65. The molecule has 6 nitrogen and oxygen atoms in total. The van der Waals surface area contributed by atoms with Crippen molar-refractivity contribution in [2.24, 2.45) is 11.8 Å². The molecule has 216 valence electrons. The predicted octanol–water partition coefficient (Wildman–Crippen LogP) is 6.08. The number of hydrogen-bond donors (Lipinski definition) is 0. The first-order valence-electron chi connectivity index (χ1n) is 15.2. The lowest BCUT2D eigenvalue weighted by Gasteiger charge is -2.31. The van der Waals surface area contributed by atoms with Crippen molar-refractivity contribution in [1.29, 1.82) is 0 Å². The Hall–Kier alpha value is -3.38. The lowest BCUT2D eigenvalue weighted by atomic mass is 9.82. The van der Waals surface area contributed by atoms with Crippen LogP contribution in [-0.2, 0) is 17.8 Å². The number of aromatic nitrogens is 1. The van der Waals surface area contributed by atoms with Crippen molar-refractivity contribution >= 4 is 5.97 Å². The van der Waals surface area contributed by atoms with Crippen molar-refractivity contribution in [3.63, 3.8) is 0 Å². The normalized spacial score (nSPS) is 23.9. The van der Waals surface area contributed by atoms with Crippen molar-refractivity contribution in [2.75, 3.05) is 7.11 Å². The number of nitrogens with zero attached hydrogens (tertiary/aromatic N) is 2. The van der Waals surface area contributed by atoms with Gasteiger partial charge in [0.25, 0.3) is 0 Å². The van der Waals surface area contributed by atoms with Crippen LogP contribution in [0.25, 0.3) is 11.1 Å². The fraction of sp³-hybridized carbons (Fsp3) is 0.486. The standard InChI is InChI=1S/C35H42N2O4/c1-21-5-6-22(2)37(21)20-29-17-27(11-13-30(29)26-15-16-36-33(19-26)40-4)31-14-12-24-7-10-28(18-32(24)41-31)34(25-8-9-25)23(3)35(38)39/h7,10-11,13,15-19,21-23,25,31,34H,5-6,8-9,12,14,20H2,1-4H3,(H,38,39)/p-1/t21-,22+,23-,31?,34-/m0/s1. The Bertz CT molecular complexity index is 1410. The van der Waals surface area contributed by atoms with E-state index in [0.29, 0.717) is 23.9 Å². The molecule has 6 heteroatoms. The second-order valence-electron chi connectivity index (χ2n) is 12.4. The summed E-state index contributed by atoms with van der Waals surface area (Å²) in [4.78, 5) is 18.7. The summed E-state index contributed by atoms with van der Waals surface area (Å²) < 4.78 is 12.1. The molecule has 0 bridgehead atoms. The SMILES string of the molecule is COc1cc(-c2ccc(C3CCc4ccc([C@H](C5CC5)[C@H](C)C(=O)[O-])cc4O3)cc2CN2[C@H](C)CC[C@@H]2C)ccn1. The maximum Gasteiger partial charge on any atom is 0.213 e. The van der Waals surface area contributed by atoms with Crippen molar-refractivity contribution in [3.05, 3.63) is 77.0 Å². The molecule has 6 rings (SSSR count). The Balaban J connectivity index is 1.31. The highest BCUT2D eigenvalue weighted by molar-refractivity contribution is 5.69. The molecule has 41 heavy (non-hydrogen) atoms. The number of carboxylic acids is 1. The zero-order chi connectivity index (χ0) is 28.7. The van der Waals surface area contributed by atoms with Gasteiger partial charge >= 0.3 is 0 Å². The molecule has 0 amide bonds. The second kappa shape index (κ2) is 11.5. The smallest absolute Gasteiger partial charge is 0.213 e. The van der Waals surface area contributed by atoms with Crippen LogP contribution in [0.5, 0.6) is 11.6 Å². The quantitative estimate of drug-likeness (QED) is 0.320. The first-order chi connectivity index (χ1) is 19.8. The van der Waals surface area contributed by atoms with E-state index in [4.69, 9.17) is 9.47 Å². The number of hydrogen-bond acceptors (Lipinski definition) is 6. The number of pyridine rings is 1. The third-order valence-corrected chi connectivity index (χ3v) is 9.71. The molecule has 1 aromatic heterocycles. The second-order valence-corrected chi connectivity index (χ2v) is 12.4. The minimum Gasteiger partial charge on any atom is -0.550 e. The number of carboxylic acid groups (broad SMARTS) is 1. The molecule has 2 fully saturated rings. The number of fused-ring (bicyclic) bond motifs is 1. The number of aryl methyl sites for hydroxylation is 1. The highest BCUT2D eigenvalue weighted by atomic mass is 16.5. The van der Waals surface area contributed by atoms with E-state index in [1.165, 1.54) is 35.1 Å². The van der Waals surface area contributed by atoms with Crippen LogP contribution in [0.1, 0.15) is 87.2 Å². The summed E-state index contributed by atoms with van der Waals surface area (Å²) >= 11 is 0. The van der Waals surface area contributed by atoms with Gasteiger partial charge < -0.3 is 19.4 Å². The number of aliphatic carboxylic acids is 1. The van der Waals surface area contributed by atoms with Gasteiger partial charge in [0.15, 0.2) is 0 Å². The molecule has 0 radical (unpaired) electrons. The molecule has 1 aliphatic carbocycles. The highest BCUT2D eigenvalue weighted by Crippen LogP contribution is 2.48. The molecule has 3 aromatic rings. The van der Waals surface area contributed by atoms with E-state index in [9.17, 15) is 9.90 Å². The summed E-state index contributed by atoms with van der Waals surface area (Å²) in [6.07, 6.45) is 8.21. The molecule has 0 spiro atoms. The zero-order valence-electron chi connectivity index (χ0n) is 24.6. The van der Waals surface area contributed by atoms with Crippen molar-refractivity contribution in [1.82, 2.24) is 9.88 Å². The van der Waals surface area contributed by atoms with Gasteiger partial charge in [0.2, 0.25) is 5.88 Å². The third kappa shape index (κ3) is 5.72. The number of rotatable bonds is 9. The largest absolute Gasteiger partial charge is 0.550 e. The molecule has 1 unspecified atom stereocenters. The molecule has 3 aliphatic rings.